The van der Waals surface area contributed by atoms with Gasteiger partial charge >= 0.3 is 5.97 Å². The van der Waals surface area contributed by atoms with Crippen molar-refractivity contribution in [3.05, 3.63) is 51.9 Å². The standard InChI is InChI=1S/C15H14BrNO4/c1-9-7-12(10(2)6-11(9)16)17-14(18)8-21-15(19)13-4-3-5-20-13/h3-7H,8H2,1-2H3,(H,17,18). The van der Waals surface area contributed by atoms with Crippen molar-refractivity contribution in [2.45, 2.75) is 13.8 Å². The van der Waals surface area contributed by atoms with Gasteiger partial charge in [0.15, 0.2) is 6.61 Å². The SMILES string of the molecule is Cc1cc(NC(=O)COC(=O)c2ccco2)c(C)cc1Br. The lowest BCUT2D eigenvalue weighted by Gasteiger charge is -2.10. The number of anilines is 1. The molecule has 1 heterocycles. The van der Waals surface area contributed by atoms with Crippen LogP contribution in [0, 0.1) is 13.8 Å². The summed E-state index contributed by atoms with van der Waals surface area (Å²) >= 11 is 3.43. The number of ether oxygens (including phenoxy) is 1. The van der Waals surface area contributed by atoms with Crippen molar-refractivity contribution in [1.29, 1.82) is 0 Å². The lowest BCUT2D eigenvalue weighted by Crippen LogP contribution is -2.21. The fraction of sp³-hybridized carbons (Fsp3) is 0.200. The Labute approximate surface area is 130 Å². The molecule has 0 fully saturated rings. The number of aryl methyl sites for hydroxylation is 2. The van der Waals surface area contributed by atoms with E-state index in [1.54, 1.807) is 6.07 Å². The number of esters is 1. The maximum atomic E-state index is 11.8. The second-order valence-corrected chi connectivity index (χ2v) is 5.37. The molecule has 0 aliphatic heterocycles. The first-order valence-corrected chi connectivity index (χ1v) is 7.04. The molecule has 1 aromatic carbocycles. The Bertz CT molecular complexity index is 665. The van der Waals surface area contributed by atoms with Gasteiger partial charge in [0.2, 0.25) is 5.76 Å². The predicted molar refractivity (Wildman–Crippen MR) is 81.2 cm³/mol. The first-order valence-electron chi connectivity index (χ1n) is 6.24. The summed E-state index contributed by atoms with van der Waals surface area (Å²) in [6.45, 7) is 3.44. The number of amides is 1. The van der Waals surface area contributed by atoms with Gasteiger partial charge in [0, 0.05) is 10.2 Å². The third kappa shape index (κ3) is 3.95. The molecule has 5 nitrogen and oxygen atoms in total. The maximum Gasteiger partial charge on any atom is 0.374 e. The maximum absolute atomic E-state index is 11.8. The second-order valence-electron chi connectivity index (χ2n) is 4.52. The van der Waals surface area contributed by atoms with Crippen LogP contribution in [0.25, 0.3) is 0 Å². The number of rotatable bonds is 4. The number of carbonyl (C=O) groups excluding carboxylic acids is 2. The summed E-state index contributed by atoms with van der Waals surface area (Å²) in [7, 11) is 0. The van der Waals surface area contributed by atoms with Crippen molar-refractivity contribution in [3.63, 3.8) is 0 Å². The van der Waals surface area contributed by atoms with Crippen molar-refractivity contribution >= 4 is 33.5 Å². The third-order valence-corrected chi connectivity index (χ3v) is 3.69. The average molecular weight is 352 g/mol. The number of hydrogen-bond donors (Lipinski definition) is 1. The zero-order valence-electron chi connectivity index (χ0n) is 11.6. The van der Waals surface area contributed by atoms with Gasteiger partial charge in [-0.1, -0.05) is 15.9 Å². The molecule has 1 aromatic heterocycles. The first kappa shape index (κ1) is 15.3. The van der Waals surface area contributed by atoms with Crippen molar-refractivity contribution in [2.24, 2.45) is 0 Å². The summed E-state index contributed by atoms with van der Waals surface area (Å²) in [5, 5.41) is 2.71. The molecular weight excluding hydrogens is 338 g/mol. The van der Waals surface area contributed by atoms with Crippen LogP contribution >= 0.6 is 15.9 Å². The predicted octanol–water partition coefficient (Wildman–Crippen LogP) is 3.45. The van der Waals surface area contributed by atoms with Gasteiger partial charge in [-0.05, 0) is 49.2 Å². The van der Waals surface area contributed by atoms with Gasteiger partial charge in [0.25, 0.3) is 5.91 Å². The van der Waals surface area contributed by atoms with Crippen LogP contribution < -0.4 is 5.32 Å². The van der Waals surface area contributed by atoms with E-state index in [0.717, 1.165) is 15.6 Å². The molecule has 0 atom stereocenters. The van der Waals surface area contributed by atoms with E-state index in [2.05, 4.69) is 21.2 Å². The molecular formula is C15H14BrNO4. The van der Waals surface area contributed by atoms with E-state index in [1.807, 2.05) is 26.0 Å². The van der Waals surface area contributed by atoms with Crippen LogP contribution in [-0.4, -0.2) is 18.5 Å². The summed E-state index contributed by atoms with van der Waals surface area (Å²) in [5.74, 6) is -1.00. The summed E-state index contributed by atoms with van der Waals surface area (Å²) in [5.41, 5.74) is 2.61. The zero-order chi connectivity index (χ0) is 15.4. The molecule has 21 heavy (non-hydrogen) atoms. The molecule has 1 N–H and O–H groups in total. The average Bonchev–Trinajstić information content (AvgIpc) is 2.96. The monoisotopic (exact) mass is 351 g/mol. The van der Waals surface area contributed by atoms with Crippen LogP contribution in [0.2, 0.25) is 0 Å². The fourth-order valence-electron chi connectivity index (χ4n) is 1.70. The molecule has 6 heteroatoms. The Morgan fingerprint density at radius 2 is 2.05 bits per heavy atom. The second kappa shape index (κ2) is 6.58. The van der Waals surface area contributed by atoms with E-state index in [1.165, 1.54) is 12.3 Å². The summed E-state index contributed by atoms with van der Waals surface area (Å²) < 4.78 is 10.7. The molecule has 0 radical (unpaired) electrons. The Morgan fingerprint density at radius 3 is 2.71 bits per heavy atom. The van der Waals surface area contributed by atoms with Crippen LogP contribution in [0.5, 0.6) is 0 Å². The van der Waals surface area contributed by atoms with Gasteiger partial charge in [-0.15, -0.1) is 0 Å². The molecule has 0 aliphatic carbocycles. The topological polar surface area (TPSA) is 68.5 Å². The van der Waals surface area contributed by atoms with Crippen LogP contribution in [0.4, 0.5) is 5.69 Å². The van der Waals surface area contributed by atoms with Crippen LogP contribution in [0.1, 0.15) is 21.7 Å². The highest BCUT2D eigenvalue weighted by Gasteiger charge is 2.13. The Balaban J connectivity index is 1.93. The minimum absolute atomic E-state index is 0.0680. The van der Waals surface area contributed by atoms with E-state index in [4.69, 9.17) is 9.15 Å². The minimum Gasteiger partial charge on any atom is -0.457 e. The normalized spacial score (nSPS) is 10.2. The molecule has 0 unspecified atom stereocenters. The smallest absolute Gasteiger partial charge is 0.374 e. The number of hydrogen-bond acceptors (Lipinski definition) is 4. The van der Waals surface area contributed by atoms with Crippen LogP contribution in [0.15, 0.2) is 39.4 Å². The lowest BCUT2D eigenvalue weighted by molar-refractivity contribution is -0.119. The molecule has 0 saturated heterocycles. The van der Waals surface area contributed by atoms with Gasteiger partial charge in [-0.25, -0.2) is 4.79 Å². The third-order valence-electron chi connectivity index (χ3n) is 2.84. The summed E-state index contributed by atoms with van der Waals surface area (Å²) in [4.78, 5) is 23.3. The summed E-state index contributed by atoms with van der Waals surface area (Å²) in [6, 6.07) is 6.82. The van der Waals surface area contributed by atoms with E-state index in [9.17, 15) is 9.59 Å². The molecule has 2 aromatic rings. The number of furan rings is 1. The molecule has 2 rings (SSSR count). The fourth-order valence-corrected chi connectivity index (χ4v) is 2.16. The highest BCUT2D eigenvalue weighted by Crippen LogP contribution is 2.24. The van der Waals surface area contributed by atoms with Crippen LogP contribution in [-0.2, 0) is 9.53 Å². The highest BCUT2D eigenvalue weighted by atomic mass is 79.9. The number of halogens is 1. The highest BCUT2D eigenvalue weighted by molar-refractivity contribution is 9.10. The Hall–Kier alpha value is -2.08. The zero-order valence-corrected chi connectivity index (χ0v) is 13.2. The number of nitrogens with one attached hydrogen (secondary N) is 1. The lowest BCUT2D eigenvalue weighted by atomic mass is 10.1. The van der Waals surface area contributed by atoms with E-state index in [-0.39, 0.29) is 12.4 Å². The number of benzene rings is 1. The van der Waals surface area contributed by atoms with Crippen molar-refractivity contribution in [2.75, 3.05) is 11.9 Å². The largest absolute Gasteiger partial charge is 0.457 e. The molecule has 1 amide bonds. The molecule has 0 saturated carbocycles. The van der Waals surface area contributed by atoms with Gasteiger partial charge < -0.3 is 14.5 Å². The van der Waals surface area contributed by atoms with Gasteiger partial charge in [0.05, 0.1) is 6.26 Å². The van der Waals surface area contributed by atoms with E-state index in [0.29, 0.717) is 5.69 Å². The molecule has 0 spiro atoms. The Kier molecular flexibility index (Phi) is 4.80. The van der Waals surface area contributed by atoms with Gasteiger partial charge in [0.1, 0.15) is 0 Å². The van der Waals surface area contributed by atoms with Gasteiger partial charge in [-0.3, -0.25) is 4.79 Å². The molecule has 0 aliphatic rings. The number of carbonyl (C=O) groups is 2. The molecule has 110 valence electrons. The molecule has 0 bridgehead atoms. The Morgan fingerprint density at radius 1 is 1.29 bits per heavy atom. The van der Waals surface area contributed by atoms with Crippen LogP contribution in [0.3, 0.4) is 0 Å². The van der Waals surface area contributed by atoms with Crippen molar-refractivity contribution < 1.29 is 18.7 Å². The van der Waals surface area contributed by atoms with Crippen molar-refractivity contribution in [1.82, 2.24) is 0 Å². The van der Waals surface area contributed by atoms with Crippen molar-refractivity contribution in [3.8, 4) is 0 Å². The van der Waals surface area contributed by atoms with Gasteiger partial charge in [-0.2, -0.15) is 0 Å². The minimum atomic E-state index is -0.668. The van der Waals surface area contributed by atoms with E-state index >= 15 is 0 Å². The van der Waals surface area contributed by atoms with E-state index < -0.39 is 11.9 Å². The quantitative estimate of drug-likeness (QED) is 0.856. The first-order chi connectivity index (χ1) is 9.97. The summed E-state index contributed by atoms with van der Waals surface area (Å²) in [6.07, 6.45) is 1.37.